The van der Waals surface area contributed by atoms with E-state index < -0.39 is 17.5 Å². The summed E-state index contributed by atoms with van der Waals surface area (Å²) < 4.78 is 26.7. The summed E-state index contributed by atoms with van der Waals surface area (Å²) in [5.74, 6) is -2.59. The van der Waals surface area contributed by atoms with E-state index in [-0.39, 0.29) is 24.4 Å². The number of benzene rings is 1. The zero-order chi connectivity index (χ0) is 14.4. The van der Waals surface area contributed by atoms with Gasteiger partial charge in [-0.15, -0.1) is 0 Å². The highest BCUT2D eigenvalue weighted by atomic mass is 19.2. The summed E-state index contributed by atoms with van der Waals surface area (Å²) in [4.78, 5) is 13.5. The second kappa shape index (κ2) is 6.83. The Hall–Kier alpha value is -1.96. The maximum absolute atomic E-state index is 13.6. The molecular formula is C14H16F2N2O. The number of nitriles is 1. The van der Waals surface area contributed by atoms with Crippen LogP contribution in [0.1, 0.15) is 30.6 Å². The number of nitrogens with zero attached hydrogens (tertiary/aromatic N) is 2. The van der Waals surface area contributed by atoms with Crippen LogP contribution in [0.4, 0.5) is 8.78 Å². The van der Waals surface area contributed by atoms with Crippen molar-refractivity contribution in [3.8, 4) is 6.07 Å². The summed E-state index contributed by atoms with van der Waals surface area (Å²) in [6.07, 6.45) is 0.162. The molecule has 0 radical (unpaired) electrons. The molecule has 0 heterocycles. The normalized spacial score (nSPS) is 10.3. The van der Waals surface area contributed by atoms with Gasteiger partial charge in [-0.1, -0.05) is 19.9 Å². The molecule has 0 aliphatic rings. The van der Waals surface area contributed by atoms with E-state index in [2.05, 4.69) is 0 Å². The number of rotatable bonds is 5. The van der Waals surface area contributed by atoms with E-state index in [9.17, 15) is 13.6 Å². The quantitative estimate of drug-likeness (QED) is 0.822. The predicted octanol–water partition coefficient (Wildman–Crippen LogP) is 2.98. The average molecular weight is 266 g/mol. The molecule has 1 rings (SSSR count). The van der Waals surface area contributed by atoms with Gasteiger partial charge in [0.1, 0.15) is 0 Å². The van der Waals surface area contributed by atoms with Gasteiger partial charge in [0.25, 0.3) is 5.91 Å². The van der Waals surface area contributed by atoms with Gasteiger partial charge < -0.3 is 4.90 Å². The summed E-state index contributed by atoms with van der Waals surface area (Å²) >= 11 is 0. The van der Waals surface area contributed by atoms with Crippen LogP contribution in [0.15, 0.2) is 18.2 Å². The number of carbonyl (C=O) groups is 1. The lowest BCUT2D eigenvalue weighted by Crippen LogP contribution is -2.35. The van der Waals surface area contributed by atoms with Crippen LogP contribution in [0.3, 0.4) is 0 Å². The fraction of sp³-hybridized carbons (Fsp3) is 0.429. The summed E-state index contributed by atoms with van der Waals surface area (Å²) in [5, 5.41) is 8.58. The number of amides is 1. The first kappa shape index (κ1) is 15.1. The van der Waals surface area contributed by atoms with E-state index in [4.69, 9.17) is 5.26 Å². The maximum atomic E-state index is 13.6. The fourth-order valence-corrected chi connectivity index (χ4v) is 1.74. The van der Waals surface area contributed by atoms with Crippen LogP contribution in [-0.2, 0) is 0 Å². The molecule has 0 bridgehead atoms. The predicted molar refractivity (Wildman–Crippen MR) is 67.3 cm³/mol. The van der Waals surface area contributed by atoms with Gasteiger partial charge in [0.05, 0.1) is 18.1 Å². The van der Waals surface area contributed by atoms with Gasteiger partial charge in [-0.3, -0.25) is 4.79 Å². The van der Waals surface area contributed by atoms with E-state index in [0.29, 0.717) is 6.54 Å². The van der Waals surface area contributed by atoms with Crippen molar-refractivity contribution in [2.45, 2.75) is 20.3 Å². The monoisotopic (exact) mass is 266 g/mol. The third kappa shape index (κ3) is 4.02. The molecule has 0 atom stereocenters. The minimum atomic E-state index is -1.14. The summed E-state index contributed by atoms with van der Waals surface area (Å²) in [5.41, 5.74) is -0.293. The SMILES string of the molecule is CC(C)CN(CCC#N)C(=O)c1cccc(F)c1F. The van der Waals surface area contributed by atoms with Crippen LogP contribution >= 0.6 is 0 Å². The second-order valence-corrected chi connectivity index (χ2v) is 4.65. The number of carbonyl (C=O) groups excluding carboxylic acids is 1. The smallest absolute Gasteiger partial charge is 0.256 e. The van der Waals surface area contributed by atoms with Gasteiger partial charge in [-0.05, 0) is 18.1 Å². The Morgan fingerprint density at radius 3 is 2.68 bits per heavy atom. The first-order chi connectivity index (χ1) is 8.97. The van der Waals surface area contributed by atoms with Gasteiger partial charge in [0.2, 0.25) is 0 Å². The summed E-state index contributed by atoms with van der Waals surface area (Å²) in [6, 6.07) is 5.45. The van der Waals surface area contributed by atoms with Gasteiger partial charge in [0, 0.05) is 13.1 Å². The van der Waals surface area contributed by atoms with Crippen LogP contribution in [0.25, 0.3) is 0 Å². The Balaban J connectivity index is 2.98. The topological polar surface area (TPSA) is 44.1 Å². The Bertz CT molecular complexity index is 495. The van der Waals surface area contributed by atoms with Crippen molar-refractivity contribution in [2.24, 2.45) is 5.92 Å². The Kier molecular flexibility index (Phi) is 5.43. The molecule has 5 heteroatoms. The van der Waals surface area contributed by atoms with Crippen LogP contribution in [-0.4, -0.2) is 23.9 Å². The Labute approximate surface area is 111 Å². The molecule has 0 aliphatic carbocycles. The van der Waals surface area contributed by atoms with Crippen LogP contribution in [0, 0.1) is 28.9 Å². The fourth-order valence-electron chi connectivity index (χ4n) is 1.74. The van der Waals surface area contributed by atoms with Crippen molar-refractivity contribution in [1.82, 2.24) is 4.90 Å². The minimum absolute atomic E-state index is 0.162. The zero-order valence-corrected chi connectivity index (χ0v) is 11.0. The molecule has 0 saturated heterocycles. The molecule has 3 nitrogen and oxygen atoms in total. The Morgan fingerprint density at radius 1 is 1.42 bits per heavy atom. The molecule has 0 fully saturated rings. The van der Waals surface area contributed by atoms with E-state index in [1.54, 1.807) is 0 Å². The van der Waals surface area contributed by atoms with Crippen molar-refractivity contribution < 1.29 is 13.6 Å². The van der Waals surface area contributed by atoms with Crippen LogP contribution in [0.5, 0.6) is 0 Å². The molecule has 1 amide bonds. The van der Waals surface area contributed by atoms with Crippen molar-refractivity contribution in [1.29, 1.82) is 5.26 Å². The lowest BCUT2D eigenvalue weighted by atomic mass is 10.1. The maximum Gasteiger partial charge on any atom is 0.256 e. The lowest BCUT2D eigenvalue weighted by Gasteiger charge is -2.23. The highest BCUT2D eigenvalue weighted by molar-refractivity contribution is 5.94. The van der Waals surface area contributed by atoms with E-state index in [1.807, 2.05) is 19.9 Å². The van der Waals surface area contributed by atoms with Crippen molar-refractivity contribution in [3.63, 3.8) is 0 Å². The van der Waals surface area contributed by atoms with Gasteiger partial charge >= 0.3 is 0 Å². The highest BCUT2D eigenvalue weighted by Gasteiger charge is 2.21. The highest BCUT2D eigenvalue weighted by Crippen LogP contribution is 2.15. The molecule has 0 aliphatic heterocycles. The first-order valence-corrected chi connectivity index (χ1v) is 6.07. The van der Waals surface area contributed by atoms with Crippen molar-refractivity contribution in [3.05, 3.63) is 35.4 Å². The number of halogens is 2. The molecule has 1 aromatic rings. The van der Waals surface area contributed by atoms with E-state index >= 15 is 0 Å². The van der Waals surface area contributed by atoms with E-state index in [1.165, 1.54) is 17.0 Å². The van der Waals surface area contributed by atoms with Gasteiger partial charge in [0.15, 0.2) is 11.6 Å². The van der Waals surface area contributed by atoms with E-state index in [0.717, 1.165) is 6.07 Å². The molecule has 0 unspecified atom stereocenters. The minimum Gasteiger partial charge on any atom is -0.337 e. The third-order valence-corrected chi connectivity index (χ3v) is 2.55. The van der Waals surface area contributed by atoms with Crippen molar-refractivity contribution in [2.75, 3.05) is 13.1 Å². The molecule has 0 spiro atoms. The third-order valence-electron chi connectivity index (χ3n) is 2.55. The second-order valence-electron chi connectivity index (χ2n) is 4.65. The Morgan fingerprint density at radius 2 is 2.11 bits per heavy atom. The first-order valence-electron chi connectivity index (χ1n) is 6.07. The lowest BCUT2D eigenvalue weighted by molar-refractivity contribution is 0.0734. The van der Waals surface area contributed by atoms with Crippen LogP contribution < -0.4 is 0 Å². The number of hydrogen-bond donors (Lipinski definition) is 0. The standard InChI is InChI=1S/C14H16F2N2O/c1-10(2)9-18(8-4-7-17)14(19)11-5-3-6-12(15)13(11)16/h3,5-6,10H,4,8-9H2,1-2H3. The molecule has 19 heavy (non-hydrogen) atoms. The summed E-state index contributed by atoms with van der Waals surface area (Å²) in [7, 11) is 0. The molecule has 1 aromatic carbocycles. The van der Waals surface area contributed by atoms with Gasteiger partial charge in [-0.25, -0.2) is 8.78 Å². The average Bonchev–Trinajstić information content (AvgIpc) is 2.36. The van der Waals surface area contributed by atoms with Crippen LogP contribution in [0.2, 0.25) is 0 Å². The van der Waals surface area contributed by atoms with Crippen molar-refractivity contribution >= 4 is 5.91 Å². The summed E-state index contributed by atoms with van der Waals surface area (Å²) in [6.45, 7) is 4.43. The molecule has 0 aromatic heterocycles. The number of hydrogen-bond acceptors (Lipinski definition) is 2. The largest absolute Gasteiger partial charge is 0.337 e. The molecular weight excluding hydrogens is 250 g/mol. The zero-order valence-electron chi connectivity index (χ0n) is 11.0. The molecule has 0 saturated carbocycles. The van der Waals surface area contributed by atoms with Gasteiger partial charge in [-0.2, -0.15) is 5.26 Å². The molecule has 0 N–H and O–H groups in total. The molecule has 102 valence electrons.